The SMILES string of the molecule is Cc1cc(Cl)nc(NCCOCCN(CCCN(C(=O)OC(C)(C)C)C2CCCCC2)C(=O)OC(C)(C)C)n1. The molecule has 1 saturated carbocycles. The molecule has 0 aliphatic heterocycles. The molecule has 0 spiro atoms. The van der Waals surface area contributed by atoms with Crippen LogP contribution in [0.5, 0.6) is 0 Å². The van der Waals surface area contributed by atoms with Crippen LogP contribution in [0.4, 0.5) is 15.5 Å². The van der Waals surface area contributed by atoms with Crippen LogP contribution in [0.3, 0.4) is 0 Å². The number of rotatable bonds is 12. The van der Waals surface area contributed by atoms with Gasteiger partial charge in [0.25, 0.3) is 0 Å². The number of aromatic nitrogens is 2. The molecular formula is C28H48ClN5O5. The lowest BCUT2D eigenvalue weighted by Crippen LogP contribution is -2.46. The molecule has 0 unspecified atom stereocenters. The van der Waals surface area contributed by atoms with Crippen molar-refractivity contribution in [1.29, 1.82) is 0 Å². The third-order valence-corrected chi connectivity index (χ3v) is 6.17. The molecule has 1 N–H and O–H groups in total. The molecule has 39 heavy (non-hydrogen) atoms. The Bertz CT molecular complexity index is 892. The van der Waals surface area contributed by atoms with E-state index < -0.39 is 17.3 Å². The molecule has 0 radical (unpaired) electrons. The number of carbonyl (C=O) groups is 2. The molecule has 1 aromatic heterocycles. The van der Waals surface area contributed by atoms with E-state index in [1.807, 2.05) is 53.4 Å². The van der Waals surface area contributed by atoms with Crippen molar-refractivity contribution in [3.05, 3.63) is 16.9 Å². The van der Waals surface area contributed by atoms with Gasteiger partial charge in [-0.05, 0) is 73.8 Å². The van der Waals surface area contributed by atoms with Gasteiger partial charge in [0.1, 0.15) is 16.4 Å². The zero-order valence-electron chi connectivity index (χ0n) is 24.8. The van der Waals surface area contributed by atoms with Crippen molar-refractivity contribution >= 4 is 29.7 Å². The summed E-state index contributed by atoms with van der Waals surface area (Å²) in [5, 5.41) is 3.47. The van der Waals surface area contributed by atoms with E-state index in [0.29, 0.717) is 56.9 Å². The predicted octanol–water partition coefficient (Wildman–Crippen LogP) is 6.06. The number of halogens is 1. The molecule has 1 aliphatic carbocycles. The monoisotopic (exact) mass is 569 g/mol. The molecule has 0 aromatic carbocycles. The molecule has 0 saturated heterocycles. The van der Waals surface area contributed by atoms with Crippen LogP contribution >= 0.6 is 11.6 Å². The van der Waals surface area contributed by atoms with Crippen LogP contribution in [0.25, 0.3) is 0 Å². The van der Waals surface area contributed by atoms with Gasteiger partial charge >= 0.3 is 12.2 Å². The fourth-order valence-electron chi connectivity index (χ4n) is 4.31. The van der Waals surface area contributed by atoms with E-state index in [1.165, 1.54) is 6.42 Å². The highest BCUT2D eigenvalue weighted by atomic mass is 35.5. The van der Waals surface area contributed by atoms with E-state index in [2.05, 4.69) is 15.3 Å². The van der Waals surface area contributed by atoms with Gasteiger partial charge in [-0.25, -0.2) is 19.6 Å². The summed E-state index contributed by atoms with van der Waals surface area (Å²) in [5.41, 5.74) is -0.392. The van der Waals surface area contributed by atoms with Gasteiger partial charge < -0.3 is 29.3 Å². The number of nitrogens with one attached hydrogen (secondary N) is 1. The minimum Gasteiger partial charge on any atom is -0.444 e. The average Bonchev–Trinajstić information content (AvgIpc) is 2.80. The van der Waals surface area contributed by atoms with E-state index in [0.717, 1.165) is 31.4 Å². The lowest BCUT2D eigenvalue weighted by atomic mass is 9.94. The van der Waals surface area contributed by atoms with Crippen LogP contribution in [0, 0.1) is 6.92 Å². The second-order valence-corrected chi connectivity index (χ2v) is 12.4. The first kappa shape index (κ1) is 32.9. The van der Waals surface area contributed by atoms with Crippen molar-refractivity contribution in [3.8, 4) is 0 Å². The van der Waals surface area contributed by atoms with Crippen LogP contribution < -0.4 is 5.32 Å². The minimum absolute atomic E-state index is 0.173. The third kappa shape index (κ3) is 13.5. The maximum Gasteiger partial charge on any atom is 0.410 e. The lowest BCUT2D eigenvalue weighted by molar-refractivity contribution is 0.00844. The number of anilines is 1. The Labute approximate surface area is 239 Å². The Morgan fingerprint density at radius 2 is 1.59 bits per heavy atom. The van der Waals surface area contributed by atoms with Gasteiger partial charge in [-0.15, -0.1) is 0 Å². The Kier molecular flexibility index (Phi) is 13.0. The van der Waals surface area contributed by atoms with Crippen LogP contribution in [0.2, 0.25) is 5.15 Å². The first-order chi connectivity index (χ1) is 18.2. The van der Waals surface area contributed by atoms with Crippen molar-refractivity contribution in [1.82, 2.24) is 19.8 Å². The summed E-state index contributed by atoms with van der Waals surface area (Å²) in [6, 6.07) is 1.86. The normalized spacial score (nSPS) is 14.6. The first-order valence-electron chi connectivity index (χ1n) is 14.0. The smallest absolute Gasteiger partial charge is 0.410 e. The molecule has 10 nitrogen and oxygen atoms in total. The molecule has 222 valence electrons. The summed E-state index contributed by atoms with van der Waals surface area (Å²) in [5.74, 6) is 0.450. The van der Waals surface area contributed by atoms with Gasteiger partial charge in [0, 0.05) is 37.9 Å². The molecular weight excluding hydrogens is 522 g/mol. The van der Waals surface area contributed by atoms with Crippen LogP contribution in [0.1, 0.15) is 85.8 Å². The van der Waals surface area contributed by atoms with Crippen molar-refractivity contribution < 1.29 is 23.8 Å². The largest absolute Gasteiger partial charge is 0.444 e. The fraction of sp³-hybridized carbons (Fsp3) is 0.786. The number of amides is 2. The zero-order valence-corrected chi connectivity index (χ0v) is 25.6. The van der Waals surface area contributed by atoms with E-state index in [-0.39, 0.29) is 12.1 Å². The van der Waals surface area contributed by atoms with Gasteiger partial charge in [0.15, 0.2) is 0 Å². The quantitative estimate of drug-likeness (QED) is 0.239. The summed E-state index contributed by atoms with van der Waals surface area (Å²) < 4.78 is 17.1. The van der Waals surface area contributed by atoms with Crippen molar-refractivity contribution in [2.45, 2.75) is 104 Å². The highest BCUT2D eigenvalue weighted by Crippen LogP contribution is 2.25. The van der Waals surface area contributed by atoms with E-state index in [1.54, 1.807) is 11.0 Å². The molecule has 2 amide bonds. The molecule has 1 aromatic rings. The molecule has 1 fully saturated rings. The number of aryl methyl sites for hydroxylation is 1. The summed E-state index contributed by atoms with van der Waals surface area (Å²) in [4.78, 5) is 37.9. The number of ether oxygens (including phenoxy) is 3. The van der Waals surface area contributed by atoms with Crippen LogP contribution in [0.15, 0.2) is 6.07 Å². The number of hydrogen-bond donors (Lipinski definition) is 1. The number of carbonyl (C=O) groups excluding carboxylic acids is 2. The van der Waals surface area contributed by atoms with Gasteiger partial charge in [-0.3, -0.25) is 0 Å². The fourth-order valence-corrected chi connectivity index (χ4v) is 4.55. The molecule has 2 rings (SSSR count). The van der Waals surface area contributed by atoms with Gasteiger partial charge in [-0.2, -0.15) is 0 Å². The highest BCUT2D eigenvalue weighted by molar-refractivity contribution is 6.29. The minimum atomic E-state index is -0.611. The molecule has 11 heteroatoms. The topological polar surface area (TPSA) is 106 Å². The lowest BCUT2D eigenvalue weighted by Gasteiger charge is -2.36. The molecule has 1 heterocycles. The predicted molar refractivity (Wildman–Crippen MR) is 153 cm³/mol. The van der Waals surface area contributed by atoms with E-state index >= 15 is 0 Å². The zero-order chi connectivity index (χ0) is 29.1. The Balaban J connectivity index is 1.89. The average molecular weight is 570 g/mol. The van der Waals surface area contributed by atoms with Gasteiger partial charge in [0.2, 0.25) is 5.95 Å². The molecule has 1 aliphatic rings. The van der Waals surface area contributed by atoms with Crippen molar-refractivity contribution in [3.63, 3.8) is 0 Å². The second kappa shape index (κ2) is 15.5. The summed E-state index contributed by atoms with van der Waals surface area (Å²) >= 11 is 5.97. The third-order valence-electron chi connectivity index (χ3n) is 5.98. The number of hydrogen-bond acceptors (Lipinski definition) is 8. The van der Waals surface area contributed by atoms with Crippen LogP contribution in [-0.4, -0.2) is 88.6 Å². The van der Waals surface area contributed by atoms with Gasteiger partial charge in [-0.1, -0.05) is 30.9 Å². The van der Waals surface area contributed by atoms with Crippen molar-refractivity contribution in [2.75, 3.05) is 44.7 Å². The van der Waals surface area contributed by atoms with E-state index in [4.69, 9.17) is 25.8 Å². The number of nitrogens with zero attached hydrogens (tertiary/aromatic N) is 4. The Morgan fingerprint density at radius 3 is 2.21 bits per heavy atom. The van der Waals surface area contributed by atoms with E-state index in [9.17, 15) is 9.59 Å². The highest BCUT2D eigenvalue weighted by Gasteiger charge is 2.30. The molecule has 0 bridgehead atoms. The standard InChI is InChI=1S/C28H48ClN5O5/c1-21-20-23(29)32-24(31-21)30-14-18-37-19-17-33(25(35)38-27(2,3)4)15-11-16-34(22-12-9-8-10-13-22)26(36)39-28(5,6)7/h20,22H,8-19H2,1-7H3,(H,30,31,32). The maximum atomic E-state index is 13.0. The second-order valence-electron chi connectivity index (χ2n) is 12.0. The van der Waals surface area contributed by atoms with Crippen LogP contribution in [-0.2, 0) is 14.2 Å². The summed E-state index contributed by atoms with van der Waals surface area (Å²) in [6.07, 6.45) is 5.33. The summed E-state index contributed by atoms with van der Waals surface area (Å²) in [7, 11) is 0. The maximum absolute atomic E-state index is 13.0. The van der Waals surface area contributed by atoms with Crippen molar-refractivity contribution in [2.24, 2.45) is 0 Å². The molecule has 0 atom stereocenters. The Hall–Kier alpha value is -2.33. The van der Waals surface area contributed by atoms with Gasteiger partial charge in [0.05, 0.1) is 13.2 Å². The Morgan fingerprint density at radius 1 is 0.949 bits per heavy atom. The summed E-state index contributed by atoms with van der Waals surface area (Å²) in [6.45, 7) is 15.6. The first-order valence-corrected chi connectivity index (χ1v) is 14.4.